The molecule has 1 N–H and O–H groups in total. The largest absolute Gasteiger partial charge is 0.339 e. The monoisotopic (exact) mass is 276 g/mol. The van der Waals surface area contributed by atoms with Crippen molar-refractivity contribution in [3.63, 3.8) is 0 Å². The first-order valence-corrected chi connectivity index (χ1v) is 6.00. The third kappa shape index (κ3) is 3.44. The van der Waals surface area contributed by atoms with Crippen molar-refractivity contribution >= 4 is 30.0 Å². The zero-order valence-corrected chi connectivity index (χ0v) is 11.7. The van der Waals surface area contributed by atoms with Crippen molar-refractivity contribution < 1.29 is 0 Å². The molecule has 1 aliphatic heterocycles. The van der Waals surface area contributed by atoms with E-state index in [9.17, 15) is 0 Å². The molecular weight excluding hydrogens is 259 g/mol. The van der Waals surface area contributed by atoms with E-state index in [1.807, 2.05) is 14.0 Å². The van der Waals surface area contributed by atoms with Gasteiger partial charge in [0.25, 0.3) is 0 Å². The van der Waals surface area contributed by atoms with Gasteiger partial charge in [-0.15, -0.1) is 12.4 Å². The second kappa shape index (κ2) is 6.38. The Morgan fingerprint density at radius 1 is 1.53 bits per heavy atom. The van der Waals surface area contributed by atoms with E-state index in [1.54, 1.807) is 6.20 Å². The van der Waals surface area contributed by atoms with E-state index in [1.165, 1.54) is 12.8 Å². The SMILES string of the molecule is CNC1CCCN(c2ncc(C)c(Cl)n2)C1.Cl. The average molecular weight is 277 g/mol. The topological polar surface area (TPSA) is 41.0 Å². The number of hydrogen-bond donors (Lipinski definition) is 1. The Kier molecular flexibility index (Phi) is 5.43. The standard InChI is InChI=1S/C11H17ClN4.ClH/c1-8-6-14-11(15-10(8)12)16-5-3-4-9(7-16)13-2;/h6,9,13H,3-5,7H2,1-2H3;1H. The van der Waals surface area contributed by atoms with Gasteiger partial charge in [0.1, 0.15) is 5.15 Å². The van der Waals surface area contributed by atoms with Crippen molar-refractivity contribution in [3.05, 3.63) is 16.9 Å². The van der Waals surface area contributed by atoms with Gasteiger partial charge in [0.2, 0.25) is 5.95 Å². The molecule has 0 spiro atoms. The van der Waals surface area contributed by atoms with E-state index in [0.29, 0.717) is 11.2 Å². The number of halogens is 2. The molecule has 0 saturated carbocycles. The van der Waals surface area contributed by atoms with Crippen LogP contribution in [0.2, 0.25) is 5.15 Å². The molecule has 1 saturated heterocycles. The number of hydrogen-bond acceptors (Lipinski definition) is 4. The Labute approximate surface area is 113 Å². The van der Waals surface area contributed by atoms with Crippen LogP contribution in [-0.2, 0) is 0 Å². The van der Waals surface area contributed by atoms with Gasteiger partial charge in [0, 0.05) is 30.9 Å². The number of aromatic nitrogens is 2. The highest BCUT2D eigenvalue weighted by molar-refractivity contribution is 6.30. The van der Waals surface area contributed by atoms with Crippen LogP contribution in [0.25, 0.3) is 0 Å². The molecule has 96 valence electrons. The van der Waals surface area contributed by atoms with Crippen molar-refractivity contribution in [1.29, 1.82) is 0 Å². The lowest BCUT2D eigenvalue weighted by atomic mass is 10.1. The number of aryl methyl sites for hydroxylation is 1. The Morgan fingerprint density at radius 3 is 2.94 bits per heavy atom. The average Bonchev–Trinajstić information content (AvgIpc) is 2.33. The predicted molar refractivity (Wildman–Crippen MR) is 73.3 cm³/mol. The second-order valence-electron chi connectivity index (χ2n) is 4.22. The Hall–Kier alpha value is -0.580. The summed E-state index contributed by atoms with van der Waals surface area (Å²) in [6, 6.07) is 0.525. The summed E-state index contributed by atoms with van der Waals surface area (Å²) in [5.74, 6) is 0.746. The predicted octanol–water partition coefficient (Wildman–Crippen LogP) is 2.05. The molecule has 0 aliphatic carbocycles. The third-order valence-electron chi connectivity index (χ3n) is 3.01. The molecule has 0 bridgehead atoms. The lowest BCUT2D eigenvalue weighted by Crippen LogP contribution is -2.45. The van der Waals surface area contributed by atoms with E-state index in [-0.39, 0.29) is 12.4 Å². The molecule has 1 aliphatic rings. The number of anilines is 1. The number of nitrogens with one attached hydrogen (secondary N) is 1. The lowest BCUT2D eigenvalue weighted by molar-refractivity contribution is 0.445. The van der Waals surface area contributed by atoms with Gasteiger partial charge < -0.3 is 10.2 Å². The molecule has 1 atom stereocenters. The second-order valence-corrected chi connectivity index (χ2v) is 4.58. The van der Waals surface area contributed by atoms with E-state index in [4.69, 9.17) is 11.6 Å². The van der Waals surface area contributed by atoms with E-state index >= 15 is 0 Å². The first-order valence-electron chi connectivity index (χ1n) is 5.62. The van der Waals surface area contributed by atoms with Crippen LogP contribution in [0.5, 0.6) is 0 Å². The van der Waals surface area contributed by atoms with Crippen LogP contribution in [-0.4, -0.2) is 36.1 Å². The fourth-order valence-corrected chi connectivity index (χ4v) is 2.08. The van der Waals surface area contributed by atoms with Gasteiger partial charge in [-0.1, -0.05) is 11.6 Å². The third-order valence-corrected chi connectivity index (χ3v) is 3.39. The van der Waals surface area contributed by atoms with Gasteiger partial charge in [0.15, 0.2) is 0 Å². The summed E-state index contributed by atoms with van der Waals surface area (Å²) in [6.07, 6.45) is 4.17. The first-order chi connectivity index (χ1) is 7.70. The van der Waals surface area contributed by atoms with Gasteiger partial charge in [-0.05, 0) is 26.8 Å². The number of piperidine rings is 1. The molecule has 1 aromatic heterocycles. The van der Waals surface area contributed by atoms with Crippen LogP contribution >= 0.6 is 24.0 Å². The quantitative estimate of drug-likeness (QED) is 0.840. The maximum atomic E-state index is 6.01. The summed E-state index contributed by atoms with van der Waals surface area (Å²) in [5, 5.41) is 3.85. The molecular formula is C11H18Cl2N4. The summed E-state index contributed by atoms with van der Waals surface area (Å²) in [5.41, 5.74) is 0.924. The van der Waals surface area contributed by atoms with Crippen molar-refractivity contribution in [1.82, 2.24) is 15.3 Å². The molecule has 6 heteroatoms. The van der Waals surface area contributed by atoms with Gasteiger partial charge in [0.05, 0.1) is 0 Å². The van der Waals surface area contributed by atoms with Crippen molar-refractivity contribution in [2.24, 2.45) is 0 Å². The minimum atomic E-state index is 0. The molecule has 0 amide bonds. The highest BCUT2D eigenvalue weighted by Gasteiger charge is 2.20. The van der Waals surface area contributed by atoms with Gasteiger partial charge in [-0.2, -0.15) is 0 Å². The van der Waals surface area contributed by atoms with Crippen LogP contribution < -0.4 is 10.2 Å². The Balaban J connectivity index is 0.00000144. The highest BCUT2D eigenvalue weighted by atomic mass is 35.5. The van der Waals surface area contributed by atoms with Crippen molar-refractivity contribution in [2.75, 3.05) is 25.0 Å². The Bertz CT molecular complexity index is 372. The summed E-state index contributed by atoms with van der Waals surface area (Å²) in [4.78, 5) is 10.8. The smallest absolute Gasteiger partial charge is 0.226 e. The molecule has 1 unspecified atom stereocenters. The fourth-order valence-electron chi connectivity index (χ4n) is 1.96. The van der Waals surface area contributed by atoms with Crippen LogP contribution in [0.4, 0.5) is 5.95 Å². The highest BCUT2D eigenvalue weighted by Crippen LogP contribution is 2.19. The van der Waals surface area contributed by atoms with Crippen LogP contribution in [0.15, 0.2) is 6.20 Å². The van der Waals surface area contributed by atoms with Gasteiger partial charge >= 0.3 is 0 Å². The molecule has 0 aromatic carbocycles. The molecule has 2 rings (SSSR count). The maximum Gasteiger partial charge on any atom is 0.226 e. The summed E-state index contributed by atoms with van der Waals surface area (Å²) in [7, 11) is 2.00. The van der Waals surface area contributed by atoms with Gasteiger partial charge in [-0.25, -0.2) is 9.97 Å². The van der Waals surface area contributed by atoms with Crippen molar-refractivity contribution in [2.45, 2.75) is 25.8 Å². The van der Waals surface area contributed by atoms with E-state index < -0.39 is 0 Å². The van der Waals surface area contributed by atoms with Crippen LogP contribution in [0.3, 0.4) is 0 Å². The zero-order valence-electron chi connectivity index (χ0n) is 10.1. The first kappa shape index (κ1) is 14.5. The molecule has 17 heavy (non-hydrogen) atoms. The normalized spacial score (nSPS) is 19.9. The fraction of sp³-hybridized carbons (Fsp3) is 0.636. The lowest BCUT2D eigenvalue weighted by Gasteiger charge is -2.32. The molecule has 2 heterocycles. The molecule has 4 nitrogen and oxygen atoms in total. The molecule has 1 aromatic rings. The number of rotatable bonds is 2. The van der Waals surface area contributed by atoms with E-state index in [0.717, 1.165) is 24.6 Å². The Morgan fingerprint density at radius 2 is 2.29 bits per heavy atom. The van der Waals surface area contributed by atoms with Crippen LogP contribution in [0.1, 0.15) is 18.4 Å². The summed E-state index contributed by atoms with van der Waals surface area (Å²) >= 11 is 6.01. The van der Waals surface area contributed by atoms with Crippen LogP contribution in [0, 0.1) is 6.92 Å². The molecule has 1 fully saturated rings. The minimum Gasteiger partial charge on any atom is -0.339 e. The summed E-state index contributed by atoms with van der Waals surface area (Å²) < 4.78 is 0. The van der Waals surface area contributed by atoms with Gasteiger partial charge in [-0.3, -0.25) is 0 Å². The van der Waals surface area contributed by atoms with E-state index in [2.05, 4.69) is 20.2 Å². The maximum absolute atomic E-state index is 6.01. The van der Waals surface area contributed by atoms with Crippen molar-refractivity contribution in [3.8, 4) is 0 Å². The number of nitrogens with zero attached hydrogens (tertiary/aromatic N) is 3. The minimum absolute atomic E-state index is 0. The zero-order chi connectivity index (χ0) is 11.5. The molecule has 0 radical (unpaired) electrons. The number of likely N-dealkylation sites (N-methyl/N-ethyl adjacent to an activating group) is 1. The summed E-state index contributed by atoms with van der Waals surface area (Å²) in [6.45, 7) is 3.88.